The molecule has 1 spiro atoms. The van der Waals surface area contributed by atoms with Crippen molar-refractivity contribution in [2.75, 3.05) is 11.9 Å². The first-order valence-corrected chi connectivity index (χ1v) is 9.53. The van der Waals surface area contributed by atoms with Crippen molar-refractivity contribution in [3.63, 3.8) is 0 Å². The van der Waals surface area contributed by atoms with Crippen molar-refractivity contribution >= 4 is 11.4 Å². The van der Waals surface area contributed by atoms with Gasteiger partial charge in [0.25, 0.3) is 0 Å². The molecule has 2 nitrogen and oxygen atoms in total. The van der Waals surface area contributed by atoms with E-state index >= 15 is 0 Å². The molecule has 3 aromatic carbocycles. The highest BCUT2D eigenvalue weighted by atomic mass is 16.5. The molecule has 2 aliphatic rings. The minimum atomic E-state index is -0.531. The van der Waals surface area contributed by atoms with Crippen LogP contribution in [0.15, 0.2) is 109 Å². The summed E-state index contributed by atoms with van der Waals surface area (Å²) in [4.78, 5) is 0. The number of benzene rings is 3. The summed E-state index contributed by atoms with van der Waals surface area (Å²) in [5.41, 5.74) is 6.15. The third-order valence-corrected chi connectivity index (χ3v) is 5.58. The average Bonchev–Trinajstić information content (AvgIpc) is 2.74. The summed E-state index contributed by atoms with van der Waals surface area (Å²) >= 11 is 0. The minimum absolute atomic E-state index is 0.531. The van der Waals surface area contributed by atoms with E-state index in [1.54, 1.807) is 0 Å². The monoisotopic (exact) mass is 363 g/mol. The smallest absolute Gasteiger partial charge is 0.124 e. The van der Waals surface area contributed by atoms with E-state index in [-0.39, 0.29) is 0 Å². The summed E-state index contributed by atoms with van der Waals surface area (Å²) in [6.45, 7) is 5.09. The summed E-state index contributed by atoms with van der Waals surface area (Å²) in [5, 5.41) is 3.61. The molecule has 0 bridgehead atoms. The normalized spacial score (nSPS) is 18.6. The maximum atomic E-state index is 6.19. The van der Waals surface area contributed by atoms with Crippen LogP contribution in [0.3, 0.4) is 0 Å². The molecule has 136 valence electrons. The van der Waals surface area contributed by atoms with Crippen LogP contribution in [-0.2, 0) is 5.41 Å². The fourth-order valence-corrected chi connectivity index (χ4v) is 4.41. The molecule has 0 radical (unpaired) electrons. The molecule has 1 N–H and O–H groups in total. The van der Waals surface area contributed by atoms with E-state index in [4.69, 9.17) is 4.74 Å². The standard InChI is InChI=1S/C26H21NO/c1-19-11-3-2-10-18-28-25-17-9-6-14-22(25)26(19)20-12-4-7-15-23(20)27-24-16-8-5-13-21(24)26/h2-17,27H,1,18H2/b10-2-,11-3-. The van der Waals surface area contributed by atoms with E-state index in [1.807, 2.05) is 18.2 Å². The van der Waals surface area contributed by atoms with Gasteiger partial charge in [-0.25, -0.2) is 0 Å². The van der Waals surface area contributed by atoms with Gasteiger partial charge >= 0.3 is 0 Å². The van der Waals surface area contributed by atoms with Crippen LogP contribution in [0.5, 0.6) is 5.75 Å². The molecule has 3 aromatic rings. The van der Waals surface area contributed by atoms with Gasteiger partial charge in [-0.1, -0.05) is 79.4 Å². The van der Waals surface area contributed by atoms with Crippen LogP contribution in [-0.4, -0.2) is 6.61 Å². The molecule has 28 heavy (non-hydrogen) atoms. The lowest BCUT2D eigenvalue weighted by Gasteiger charge is -2.43. The third kappa shape index (κ3) is 2.35. The van der Waals surface area contributed by atoms with Gasteiger partial charge in [-0.15, -0.1) is 0 Å². The molecule has 0 atom stereocenters. The van der Waals surface area contributed by atoms with Gasteiger partial charge in [0.1, 0.15) is 12.4 Å². The topological polar surface area (TPSA) is 21.3 Å². The molecule has 0 unspecified atom stereocenters. The Balaban J connectivity index is 1.95. The second-order valence-corrected chi connectivity index (χ2v) is 7.09. The summed E-state index contributed by atoms with van der Waals surface area (Å²) in [5.74, 6) is 0.884. The molecule has 2 heterocycles. The van der Waals surface area contributed by atoms with Crippen molar-refractivity contribution < 1.29 is 4.74 Å². The first kappa shape index (κ1) is 16.6. The molecule has 0 saturated heterocycles. The molecule has 5 rings (SSSR count). The zero-order valence-electron chi connectivity index (χ0n) is 15.6. The predicted molar refractivity (Wildman–Crippen MR) is 115 cm³/mol. The van der Waals surface area contributed by atoms with Gasteiger partial charge in [-0.05, 0) is 41.0 Å². The number of rotatable bonds is 0. The Labute approximate surface area is 165 Å². The number of ether oxygens (including phenoxy) is 1. The molecule has 2 heteroatoms. The van der Waals surface area contributed by atoms with E-state index in [1.165, 1.54) is 11.1 Å². The second kappa shape index (κ2) is 6.58. The van der Waals surface area contributed by atoms with Crippen LogP contribution in [0.25, 0.3) is 0 Å². The van der Waals surface area contributed by atoms with Gasteiger partial charge in [0.2, 0.25) is 0 Å². The highest BCUT2D eigenvalue weighted by Crippen LogP contribution is 2.55. The fraction of sp³-hybridized carbons (Fsp3) is 0.0769. The number of anilines is 2. The van der Waals surface area contributed by atoms with Crippen molar-refractivity contribution in [2.24, 2.45) is 0 Å². The number of hydrogen-bond donors (Lipinski definition) is 1. The zero-order chi connectivity index (χ0) is 19.0. The Morgan fingerprint density at radius 3 is 2.07 bits per heavy atom. The average molecular weight is 363 g/mol. The van der Waals surface area contributed by atoms with Gasteiger partial charge in [-0.2, -0.15) is 0 Å². The first-order chi connectivity index (χ1) is 13.8. The third-order valence-electron chi connectivity index (χ3n) is 5.58. The predicted octanol–water partition coefficient (Wildman–Crippen LogP) is 6.14. The molecule has 0 amide bonds. The number of para-hydroxylation sites is 3. The highest BCUT2D eigenvalue weighted by Gasteiger charge is 2.45. The summed E-state index contributed by atoms with van der Waals surface area (Å²) in [6.07, 6.45) is 8.21. The molecular formula is C26H21NO. The Morgan fingerprint density at radius 1 is 0.750 bits per heavy atom. The van der Waals surface area contributed by atoms with Crippen molar-refractivity contribution in [2.45, 2.75) is 5.41 Å². The van der Waals surface area contributed by atoms with Crippen LogP contribution in [0.2, 0.25) is 0 Å². The Kier molecular flexibility index (Phi) is 3.91. The number of nitrogens with one attached hydrogen (secondary N) is 1. The molecule has 2 aliphatic heterocycles. The molecular weight excluding hydrogens is 342 g/mol. The van der Waals surface area contributed by atoms with Gasteiger partial charge < -0.3 is 10.1 Å². The molecule has 0 aromatic heterocycles. The van der Waals surface area contributed by atoms with Crippen LogP contribution in [0, 0.1) is 0 Å². The molecule has 0 saturated carbocycles. The van der Waals surface area contributed by atoms with E-state index in [2.05, 4.69) is 90.8 Å². The van der Waals surface area contributed by atoms with E-state index in [0.717, 1.165) is 28.3 Å². The summed E-state index contributed by atoms with van der Waals surface area (Å²) in [7, 11) is 0. The lowest BCUT2D eigenvalue weighted by molar-refractivity contribution is 0.355. The van der Waals surface area contributed by atoms with Crippen LogP contribution in [0.4, 0.5) is 11.4 Å². The lowest BCUT2D eigenvalue weighted by Crippen LogP contribution is -2.35. The number of hydrogen-bond acceptors (Lipinski definition) is 2. The van der Waals surface area contributed by atoms with Crippen LogP contribution >= 0.6 is 0 Å². The van der Waals surface area contributed by atoms with E-state index in [0.29, 0.717) is 6.61 Å². The highest BCUT2D eigenvalue weighted by molar-refractivity contribution is 5.82. The Bertz CT molecular complexity index is 1080. The second-order valence-electron chi connectivity index (χ2n) is 7.09. The van der Waals surface area contributed by atoms with Gasteiger partial charge in [0.05, 0.1) is 5.41 Å². The number of fused-ring (bicyclic) bond motifs is 6. The van der Waals surface area contributed by atoms with E-state index < -0.39 is 5.41 Å². The fourth-order valence-electron chi connectivity index (χ4n) is 4.41. The Hall–Kier alpha value is -3.52. The van der Waals surface area contributed by atoms with Crippen LogP contribution < -0.4 is 10.1 Å². The quantitative estimate of drug-likeness (QED) is 0.518. The van der Waals surface area contributed by atoms with Gasteiger partial charge in [0.15, 0.2) is 0 Å². The Morgan fingerprint density at radius 2 is 1.36 bits per heavy atom. The van der Waals surface area contributed by atoms with Crippen molar-refractivity contribution in [3.05, 3.63) is 126 Å². The number of allylic oxidation sites excluding steroid dienone is 4. The van der Waals surface area contributed by atoms with Gasteiger partial charge in [0, 0.05) is 16.9 Å². The maximum Gasteiger partial charge on any atom is 0.124 e. The van der Waals surface area contributed by atoms with Crippen molar-refractivity contribution in [3.8, 4) is 5.75 Å². The SMILES string of the molecule is C=C1/C=C\C=C/COc2ccccc2C12c1ccccc1Nc1ccccc12. The van der Waals surface area contributed by atoms with E-state index in [9.17, 15) is 0 Å². The summed E-state index contributed by atoms with van der Waals surface area (Å²) in [6, 6.07) is 25.3. The maximum absolute atomic E-state index is 6.19. The minimum Gasteiger partial charge on any atom is -0.489 e. The zero-order valence-corrected chi connectivity index (χ0v) is 15.6. The largest absolute Gasteiger partial charge is 0.489 e. The van der Waals surface area contributed by atoms with Crippen LogP contribution in [0.1, 0.15) is 16.7 Å². The molecule has 0 fully saturated rings. The molecule has 0 aliphatic carbocycles. The lowest BCUT2D eigenvalue weighted by atomic mass is 9.62. The summed E-state index contributed by atoms with van der Waals surface area (Å²) < 4.78 is 6.19. The van der Waals surface area contributed by atoms with Gasteiger partial charge in [-0.3, -0.25) is 0 Å². The first-order valence-electron chi connectivity index (χ1n) is 9.53. The van der Waals surface area contributed by atoms with Crippen molar-refractivity contribution in [1.29, 1.82) is 0 Å². The van der Waals surface area contributed by atoms with Crippen molar-refractivity contribution in [1.82, 2.24) is 0 Å².